The van der Waals surface area contributed by atoms with Crippen LogP contribution >= 0.6 is 0 Å². The number of aryl methyl sites for hydroxylation is 1. The zero-order valence-corrected chi connectivity index (χ0v) is 20.2. The topological polar surface area (TPSA) is 59.0 Å². The van der Waals surface area contributed by atoms with Gasteiger partial charge >= 0.3 is 5.97 Å². The van der Waals surface area contributed by atoms with Gasteiger partial charge in [0.25, 0.3) is 0 Å². The van der Waals surface area contributed by atoms with E-state index >= 15 is 0 Å². The molecule has 2 aliphatic heterocycles. The Labute approximate surface area is 202 Å². The monoisotopic (exact) mass is 461 g/mol. The Morgan fingerprint density at radius 3 is 2.79 bits per heavy atom. The molecule has 1 fully saturated rings. The number of hydrogen-bond donors (Lipinski definition) is 1. The van der Waals surface area contributed by atoms with Crippen LogP contribution in [0.2, 0.25) is 0 Å². The summed E-state index contributed by atoms with van der Waals surface area (Å²) in [5, 5.41) is 10.6. The Morgan fingerprint density at radius 1 is 1.18 bits per heavy atom. The van der Waals surface area contributed by atoms with Crippen molar-refractivity contribution in [3.05, 3.63) is 71.0 Å². The quantitative estimate of drug-likeness (QED) is 0.558. The predicted molar refractivity (Wildman–Crippen MR) is 132 cm³/mol. The van der Waals surface area contributed by atoms with Crippen LogP contribution in [0.5, 0.6) is 5.75 Å². The Balaban J connectivity index is 1.38. The number of hydrogen-bond acceptors (Lipinski definition) is 5. The highest BCUT2D eigenvalue weighted by Crippen LogP contribution is 2.50. The summed E-state index contributed by atoms with van der Waals surface area (Å²) in [6, 6.07) is 17.4. The molecule has 2 aromatic rings. The smallest absolute Gasteiger partial charge is 0.307 e. The van der Waals surface area contributed by atoms with Crippen molar-refractivity contribution in [1.82, 2.24) is 4.90 Å². The van der Waals surface area contributed by atoms with Gasteiger partial charge in [-0.3, -0.25) is 9.69 Å². The molecule has 3 aliphatic rings. The molecule has 1 saturated heterocycles. The van der Waals surface area contributed by atoms with Gasteiger partial charge in [-0.2, -0.15) is 0 Å². The van der Waals surface area contributed by atoms with Crippen molar-refractivity contribution < 1.29 is 19.4 Å². The molecule has 180 valence electrons. The van der Waals surface area contributed by atoms with Crippen LogP contribution < -0.4 is 4.74 Å². The van der Waals surface area contributed by atoms with Crippen molar-refractivity contribution >= 4 is 11.5 Å². The molecule has 2 heterocycles. The second kappa shape index (κ2) is 9.93. The highest BCUT2D eigenvalue weighted by molar-refractivity contribution is 5.80. The summed E-state index contributed by atoms with van der Waals surface area (Å²) in [5.74, 6) is 1.15. The summed E-state index contributed by atoms with van der Waals surface area (Å²) in [6.07, 6.45) is 6.05. The molecule has 5 nitrogen and oxygen atoms in total. The van der Waals surface area contributed by atoms with Crippen LogP contribution in [-0.4, -0.2) is 40.8 Å². The fourth-order valence-corrected chi connectivity index (χ4v) is 6.03. The maximum absolute atomic E-state index is 11.9. The third kappa shape index (κ3) is 4.77. The molecule has 2 unspecified atom stereocenters. The number of fused-ring (bicyclic) bond motifs is 6. The second-order valence-corrected chi connectivity index (χ2v) is 9.99. The van der Waals surface area contributed by atoms with Crippen molar-refractivity contribution in [2.24, 2.45) is 0 Å². The van der Waals surface area contributed by atoms with Gasteiger partial charge in [0.05, 0.1) is 12.2 Å². The minimum absolute atomic E-state index is 0.0802. The van der Waals surface area contributed by atoms with Gasteiger partial charge in [-0.25, -0.2) is 0 Å². The average Bonchev–Trinajstić information content (AvgIpc) is 3.29. The fraction of sp³-hybridized carbons (Fsp3) is 0.483. The Hall–Kier alpha value is -2.63. The van der Waals surface area contributed by atoms with Crippen LogP contribution in [-0.2, 0) is 16.0 Å². The molecule has 1 N–H and O–H groups in total. The lowest BCUT2D eigenvalue weighted by Gasteiger charge is -2.44. The molecule has 4 atom stereocenters. The molecule has 34 heavy (non-hydrogen) atoms. The van der Waals surface area contributed by atoms with Crippen LogP contribution in [0.1, 0.15) is 75.1 Å². The zero-order valence-electron chi connectivity index (χ0n) is 20.2. The second-order valence-electron chi connectivity index (χ2n) is 9.99. The van der Waals surface area contributed by atoms with Gasteiger partial charge in [-0.15, -0.1) is 0 Å². The molecule has 2 aromatic carbocycles. The van der Waals surface area contributed by atoms with Gasteiger partial charge in [-0.1, -0.05) is 36.4 Å². The maximum Gasteiger partial charge on any atom is 0.307 e. The first-order valence-electron chi connectivity index (χ1n) is 12.7. The molecular weight excluding hydrogens is 426 g/mol. The molecule has 1 aliphatic carbocycles. The van der Waals surface area contributed by atoms with Crippen LogP contribution in [0.15, 0.2) is 54.3 Å². The SMILES string of the molecule is CC(=O)OC1=C2c3cc(O[C@@H](C)CCCc4ccccc4)ccc3C3CCCN3C2C[C@H](O)C1. The molecule has 0 aromatic heterocycles. The average molecular weight is 462 g/mol. The van der Waals surface area contributed by atoms with Gasteiger partial charge in [0.1, 0.15) is 11.5 Å². The minimum atomic E-state index is -0.491. The van der Waals surface area contributed by atoms with Crippen LogP contribution in [0.3, 0.4) is 0 Å². The van der Waals surface area contributed by atoms with E-state index in [1.165, 1.54) is 18.1 Å². The van der Waals surface area contributed by atoms with Gasteiger partial charge in [0, 0.05) is 31.0 Å². The third-order valence-corrected chi connectivity index (χ3v) is 7.44. The van der Waals surface area contributed by atoms with E-state index in [0.29, 0.717) is 24.6 Å². The van der Waals surface area contributed by atoms with E-state index < -0.39 is 6.10 Å². The van der Waals surface area contributed by atoms with E-state index in [0.717, 1.165) is 55.5 Å². The van der Waals surface area contributed by atoms with Crippen LogP contribution in [0, 0.1) is 0 Å². The maximum atomic E-state index is 11.9. The van der Waals surface area contributed by atoms with E-state index in [4.69, 9.17) is 9.47 Å². The van der Waals surface area contributed by atoms with Crippen LogP contribution in [0.4, 0.5) is 0 Å². The molecule has 0 radical (unpaired) electrons. The number of rotatable bonds is 7. The summed E-state index contributed by atoms with van der Waals surface area (Å²) >= 11 is 0. The van der Waals surface area contributed by atoms with E-state index in [1.807, 2.05) is 0 Å². The summed E-state index contributed by atoms with van der Waals surface area (Å²) < 4.78 is 12.0. The minimum Gasteiger partial charge on any atom is -0.491 e. The number of ether oxygens (including phenoxy) is 2. The first-order valence-corrected chi connectivity index (χ1v) is 12.7. The van der Waals surface area contributed by atoms with Crippen molar-refractivity contribution in [2.45, 2.75) is 83.1 Å². The molecule has 0 spiro atoms. The highest BCUT2D eigenvalue weighted by Gasteiger charge is 2.45. The number of benzene rings is 2. The lowest BCUT2D eigenvalue weighted by Crippen LogP contribution is -2.44. The predicted octanol–water partition coefficient (Wildman–Crippen LogP) is 5.42. The lowest BCUT2D eigenvalue weighted by atomic mass is 9.78. The summed E-state index contributed by atoms with van der Waals surface area (Å²) in [5.41, 5.74) is 4.84. The van der Waals surface area contributed by atoms with Crippen molar-refractivity contribution in [3.8, 4) is 5.75 Å². The molecule has 0 saturated carbocycles. The molecule has 5 rings (SSSR count). The van der Waals surface area contributed by atoms with E-state index in [2.05, 4.69) is 60.4 Å². The summed E-state index contributed by atoms with van der Waals surface area (Å²) in [6.45, 7) is 4.57. The summed E-state index contributed by atoms with van der Waals surface area (Å²) in [7, 11) is 0. The first kappa shape index (κ1) is 23.1. The molecule has 5 heteroatoms. The molecule has 0 amide bonds. The number of aliphatic hydroxyl groups is 1. The first-order chi connectivity index (χ1) is 16.5. The van der Waals surface area contributed by atoms with Gasteiger partial charge in [0.2, 0.25) is 0 Å². The number of esters is 1. The number of nitrogens with zero attached hydrogens (tertiary/aromatic N) is 1. The highest BCUT2D eigenvalue weighted by atomic mass is 16.5. The number of carbonyl (C=O) groups excluding carboxylic acids is 1. The number of aliphatic hydroxyl groups excluding tert-OH is 1. The fourth-order valence-electron chi connectivity index (χ4n) is 6.03. The van der Waals surface area contributed by atoms with Crippen molar-refractivity contribution in [2.75, 3.05) is 6.54 Å². The van der Waals surface area contributed by atoms with Gasteiger partial charge in [0.15, 0.2) is 0 Å². The number of carbonyl (C=O) groups is 1. The zero-order chi connectivity index (χ0) is 23.7. The largest absolute Gasteiger partial charge is 0.491 e. The van der Waals surface area contributed by atoms with E-state index in [-0.39, 0.29) is 18.1 Å². The summed E-state index contributed by atoms with van der Waals surface area (Å²) in [4.78, 5) is 14.4. The Bertz CT molecular complexity index is 1060. The normalized spacial score (nSPS) is 24.7. The van der Waals surface area contributed by atoms with Gasteiger partial charge in [-0.05, 0) is 80.8 Å². The van der Waals surface area contributed by atoms with Crippen molar-refractivity contribution in [3.63, 3.8) is 0 Å². The molecule has 0 bridgehead atoms. The van der Waals surface area contributed by atoms with Crippen LogP contribution in [0.25, 0.3) is 5.57 Å². The van der Waals surface area contributed by atoms with E-state index in [1.54, 1.807) is 0 Å². The molecular formula is C29H35NO4. The van der Waals surface area contributed by atoms with Crippen molar-refractivity contribution in [1.29, 1.82) is 0 Å². The lowest BCUT2D eigenvalue weighted by molar-refractivity contribution is -0.137. The Kier molecular flexibility index (Phi) is 6.75. The van der Waals surface area contributed by atoms with E-state index in [9.17, 15) is 9.90 Å². The Morgan fingerprint density at radius 2 is 2.00 bits per heavy atom. The third-order valence-electron chi connectivity index (χ3n) is 7.44. The standard InChI is InChI=1S/C29H35NO4/c1-19(8-6-11-21-9-4-3-5-10-21)33-23-13-14-24-25(18-23)29-27(30-15-7-12-26(24)30)16-22(32)17-28(29)34-20(2)31/h3-5,9-10,13-14,18-19,22,26-27,32H,6-8,11-12,15-17H2,1-2H3/t19-,22-,26?,27?/m0/s1. The van der Waals surface area contributed by atoms with Gasteiger partial charge < -0.3 is 14.6 Å².